The molecule has 0 atom stereocenters. The summed E-state index contributed by atoms with van der Waals surface area (Å²) < 4.78 is 7.54. The van der Waals surface area contributed by atoms with Crippen molar-refractivity contribution in [3.63, 3.8) is 0 Å². The number of benzene rings is 1. The molecule has 0 saturated carbocycles. The Kier molecular flexibility index (Phi) is 5.54. The molecule has 0 unspecified atom stereocenters. The zero-order chi connectivity index (χ0) is 19.4. The minimum Gasteiger partial charge on any atom is -0.439 e. The van der Waals surface area contributed by atoms with Crippen molar-refractivity contribution in [2.45, 2.75) is 33.6 Å². The third-order valence-electron chi connectivity index (χ3n) is 4.52. The fourth-order valence-electron chi connectivity index (χ4n) is 2.88. The molecular weight excluding hydrogens is 340 g/mol. The number of pyridine rings is 1. The number of hydrogen-bond acceptors (Lipinski definition) is 4. The average Bonchev–Trinajstić information content (AvgIpc) is 2.89. The number of rotatable bonds is 6. The van der Waals surface area contributed by atoms with Gasteiger partial charge < -0.3 is 10.1 Å². The van der Waals surface area contributed by atoms with Gasteiger partial charge in [0, 0.05) is 25.2 Å². The molecule has 6 nitrogen and oxygen atoms in total. The van der Waals surface area contributed by atoms with Crippen molar-refractivity contribution >= 4 is 11.6 Å². The van der Waals surface area contributed by atoms with Gasteiger partial charge in [-0.3, -0.25) is 9.48 Å². The molecule has 2 heterocycles. The normalized spacial score (nSPS) is 10.7. The fraction of sp³-hybridized carbons (Fsp3) is 0.286. The number of aromatic nitrogens is 3. The fourth-order valence-corrected chi connectivity index (χ4v) is 2.88. The Morgan fingerprint density at radius 3 is 2.44 bits per heavy atom. The summed E-state index contributed by atoms with van der Waals surface area (Å²) in [6, 6.07) is 11.3. The van der Waals surface area contributed by atoms with Gasteiger partial charge in [-0.15, -0.1) is 0 Å². The van der Waals surface area contributed by atoms with Crippen molar-refractivity contribution in [2.24, 2.45) is 7.05 Å². The highest BCUT2D eigenvalue weighted by atomic mass is 16.5. The molecule has 6 heteroatoms. The Labute approximate surface area is 159 Å². The van der Waals surface area contributed by atoms with Crippen LogP contribution in [0.5, 0.6) is 11.6 Å². The van der Waals surface area contributed by atoms with Crippen LogP contribution in [0.1, 0.15) is 28.9 Å². The number of aryl methyl sites for hydroxylation is 3. The van der Waals surface area contributed by atoms with Gasteiger partial charge in [0.05, 0.1) is 17.6 Å². The topological polar surface area (TPSA) is 69.0 Å². The molecular formula is C21H24N4O2. The van der Waals surface area contributed by atoms with E-state index in [0.717, 1.165) is 22.7 Å². The maximum Gasteiger partial charge on any atom is 0.224 e. The maximum atomic E-state index is 12.2. The molecule has 0 bridgehead atoms. The zero-order valence-corrected chi connectivity index (χ0v) is 16.1. The molecule has 0 aliphatic heterocycles. The van der Waals surface area contributed by atoms with Gasteiger partial charge in [0.25, 0.3) is 0 Å². The van der Waals surface area contributed by atoms with Crippen LogP contribution in [0.2, 0.25) is 0 Å². The number of hydrogen-bond donors (Lipinski definition) is 1. The van der Waals surface area contributed by atoms with Crippen molar-refractivity contribution in [1.29, 1.82) is 0 Å². The molecule has 0 radical (unpaired) electrons. The van der Waals surface area contributed by atoms with E-state index in [4.69, 9.17) is 4.74 Å². The highest BCUT2D eigenvalue weighted by molar-refractivity contribution is 5.90. The monoisotopic (exact) mass is 364 g/mol. The Balaban J connectivity index is 1.54. The first-order chi connectivity index (χ1) is 12.9. The molecule has 1 amide bonds. The van der Waals surface area contributed by atoms with Gasteiger partial charge >= 0.3 is 0 Å². The highest BCUT2D eigenvalue weighted by Gasteiger charge is 2.11. The number of ether oxygens (including phenoxy) is 1. The Hall–Kier alpha value is -3.15. The minimum absolute atomic E-state index is 0.0494. The predicted molar refractivity (Wildman–Crippen MR) is 105 cm³/mol. The summed E-state index contributed by atoms with van der Waals surface area (Å²) in [5, 5.41) is 7.25. The summed E-state index contributed by atoms with van der Waals surface area (Å²) in [4.78, 5) is 16.5. The van der Waals surface area contributed by atoms with E-state index in [9.17, 15) is 4.79 Å². The Morgan fingerprint density at radius 2 is 1.85 bits per heavy atom. The van der Waals surface area contributed by atoms with Crippen LogP contribution in [0.3, 0.4) is 0 Å². The zero-order valence-electron chi connectivity index (χ0n) is 16.1. The van der Waals surface area contributed by atoms with E-state index in [1.54, 1.807) is 18.3 Å². The maximum absolute atomic E-state index is 12.2. The molecule has 27 heavy (non-hydrogen) atoms. The quantitative estimate of drug-likeness (QED) is 0.715. The lowest BCUT2D eigenvalue weighted by atomic mass is 10.1. The molecule has 3 aromatic rings. The summed E-state index contributed by atoms with van der Waals surface area (Å²) >= 11 is 0. The lowest BCUT2D eigenvalue weighted by molar-refractivity contribution is -0.116. The van der Waals surface area contributed by atoms with Gasteiger partial charge in [0.2, 0.25) is 11.8 Å². The molecule has 0 saturated heterocycles. The molecule has 0 spiro atoms. The highest BCUT2D eigenvalue weighted by Crippen LogP contribution is 2.21. The number of carbonyl (C=O) groups is 1. The first-order valence-electron chi connectivity index (χ1n) is 8.92. The van der Waals surface area contributed by atoms with Gasteiger partial charge in [-0.1, -0.05) is 17.7 Å². The second kappa shape index (κ2) is 8.03. The van der Waals surface area contributed by atoms with Crippen molar-refractivity contribution in [2.75, 3.05) is 5.32 Å². The number of anilines is 1. The van der Waals surface area contributed by atoms with Crippen molar-refractivity contribution in [1.82, 2.24) is 14.8 Å². The SMILES string of the molecule is Cc1ccc(Oc2ccc(NC(=O)CCc3c(C)nn(C)c3C)cn2)cc1. The van der Waals surface area contributed by atoms with E-state index in [0.29, 0.717) is 24.4 Å². The van der Waals surface area contributed by atoms with Crippen LogP contribution in [-0.4, -0.2) is 20.7 Å². The number of amides is 1. The Bertz CT molecular complexity index is 928. The van der Waals surface area contributed by atoms with Crippen LogP contribution >= 0.6 is 0 Å². The van der Waals surface area contributed by atoms with Crippen LogP contribution in [-0.2, 0) is 18.3 Å². The lowest BCUT2D eigenvalue weighted by Gasteiger charge is -2.08. The standard InChI is InChI=1S/C21H24N4O2/c1-14-5-8-18(9-6-14)27-21-12-7-17(13-22-21)23-20(26)11-10-19-15(2)24-25(4)16(19)3/h5-9,12-13H,10-11H2,1-4H3,(H,23,26). The number of carbonyl (C=O) groups excluding carboxylic acids is 1. The average molecular weight is 364 g/mol. The van der Waals surface area contributed by atoms with E-state index in [-0.39, 0.29) is 5.91 Å². The van der Waals surface area contributed by atoms with Crippen LogP contribution in [0.4, 0.5) is 5.69 Å². The number of nitrogens with zero attached hydrogens (tertiary/aromatic N) is 3. The minimum atomic E-state index is -0.0494. The molecule has 1 N–H and O–H groups in total. The summed E-state index contributed by atoms with van der Waals surface area (Å²) in [6.45, 7) is 6.01. The van der Waals surface area contributed by atoms with Crippen molar-refractivity contribution in [3.05, 3.63) is 65.1 Å². The van der Waals surface area contributed by atoms with Gasteiger partial charge in [0.1, 0.15) is 5.75 Å². The van der Waals surface area contributed by atoms with E-state index >= 15 is 0 Å². The van der Waals surface area contributed by atoms with Gasteiger partial charge in [-0.05, 0) is 51.0 Å². The van der Waals surface area contributed by atoms with Gasteiger partial charge in [-0.25, -0.2) is 4.98 Å². The van der Waals surface area contributed by atoms with Crippen LogP contribution < -0.4 is 10.1 Å². The first-order valence-corrected chi connectivity index (χ1v) is 8.92. The molecule has 1 aromatic carbocycles. The van der Waals surface area contributed by atoms with Crippen LogP contribution in [0.25, 0.3) is 0 Å². The van der Waals surface area contributed by atoms with E-state index in [1.165, 1.54) is 5.56 Å². The predicted octanol–water partition coefficient (Wildman–Crippen LogP) is 4.10. The lowest BCUT2D eigenvalue weighted by Crippen LogP contribution is -2.13. The third kappa shape index (κ3) is 4.73. The molecule has 3 rings (SSSR count). The second-order valence-corrected chi connectivity index (χ2v) is 6.62. The molecule has 0 aliphatic rings. The molecule has 0 fully saturated rings. The number of nitrogens with one attached hydrogen (secondary N) is 1. The molecule has 140 valence electrons. The summed E-state index contributed by atoms with van der Waals surface area (Å²) in [6.07, 6.45) is 2.66. The van der Waals surface area contributed by atoms with E-state index in [1.807, 2.05) is 56.8 Å². The smallest absolute Gasteiger partial charge is 0.224 e. The summed E-state index contributed by atoms with van der Waals surface area (Å²) in [5.74, 6) is 1.16. The van der Waals surface area contributed by atoms with Gasteiger partial charge in [-0.2, -0.15) is 5.10 Å². The van der Waals surface area contributed by atoms with E-state index in [2.05, 4.69) is 15.4 Å². The van der Waals surface area contributed by atoms with Gasteiger partial charge in [0.15, 0.2) is 0 Å². The second-order valence-electron chi connectivity index (χ2n) is 6.62. The first kappa shape index (κ1) is 18.6. The Morgan fingerprint density at radius 1 is 1.11 bits per heavy atom. The van der Waals surface area contributed by atoms with Crippen LogP contribution in [0.15, 0.2) is 42.6 Å². The molecule has 0 aliphatic carbocycles. The molecule has 2 aromatic heterocycles. The van der Waals surface area contributed by atoms with Crippen molar-refractivity contribution < 1.29 is 9.53 Å². The summed E-state index contributed by atoms with van der Waals surface area (Å²) in [7, 11) is 1.91. The third-order valence-corrected chi connectivity index (χ3v) is 4.52. The van der Waals surface area contributed by atoms with Crippen molar-refractivity contribution in [3.8, 4) is 11.6 Å². The summed E-state index contributed by atoms with van der Waals surface area (Å²) in [5.41, 5.74) is 5.02. The van der Waals surface area contributed by atoms with Crippen LogP contribution in [0, 0.1) is 20.8 Å². The largest absolute Gasteiger partial charge is 0.439 e. The van der Waals surface area contributed by atoms with E-state index < -0.39 is 0 Å².